The average Bonchev–Trinajstić information content (AvgIpc) is 2.73. The fraction of sp³-hybridized carbons (Fsp3) is 0.391. The van der Waals surface area contributed by atoms with Crippen LogP contribution in [0, 0.1) is 0 Å². The van der Waals surface area contributed by atoms with Crippen LogP contribution in [0.4, 0.5) is 5.69 Å². The Labute approximate surface area is 166 Å². The molecule has 0 radical (unpaired) electrons. The van der Waals surface area contributed by atoms with E-state index >= 15 is 0 Å². The quantitative estimate of drug-likeness (QED) is 0.805. The Bertz CT molecular complexity index is 809. The molecule has 1 N–H and O–H groups in total. The number of nitrogens with zero attached hydrogens (tertiary/aromatic N) is 1. The molecular formula is C23H28N2O3. The van der Waals surface area contributed by atoms with Crippen LogP contribution >= 0.6 is 0 Å². The predicted octanol–water partition coefficient (Wildman–Crippen LogP) is 4.45. The molecule has 28 heavy (non-hydrogen) atoms. The highest BCUT2D eigenvalue weighted by Crippen LogP contribution is 2.21. The largest absolute Gasteiger partial charge is 0.484 e. The van der Waals surface area contributed by atoms with E-state index in [0.29, 0.717) is 22.9 Å². The maximum Gasteiger partial charge on any atom is 0.262 e. The first kappa shape index (κ1) is 19.9. The molecule has 3 rings (SSSR count). The fourth-order valence-electron chi connectivity index (χ4n) is 3.33. The van der Waals surface area contributed by atoms with Gasteiger partial charge in [-0.2, -0.15) is 0 Å². The Kier molecular flexibility index (Phi) is 6.69. The van der Waals surface area contributed by atoms with Crippen LogP contribution in [0.25, 0.3) is 0 Å². The lowest BCUT2D eigenvalue weighted by Crippen LogP contribution is -2.36. The summed E-state index contributed by atoms with van der Waals surface area (Å²) >= 11 is 0. The van der Waals surface area contributed by atoms with Gasteiger partial charge in [0.15, 0.2) is 6.61 Å². The number of nitrogens with one attached hydrogen (secondary N) is 1. The van der Waals surface area contributed by atoms with Crippen LogP contribution in [0.5, 0.6) is 5.75 Å². The van der Waals surface area contributed by atoms with Crippen molar-refractivity contribution >= 4 is 17.5 Å². The van der Waals surface area contributed by atoms with E-state index in [1.54, 1.807) is 12.1 Å². The van der Waals surface area contributed by atoms with Crippen molar-refractivity contribution in [3.8, 4) is 5.75 Å². The van der Waals surface area contributed by atoms with Gasteiger partial charge in [-0.25, -0.2) is 0 Å². The van der Waals surface area contributed by atoms with E-state index in [-0.39, 0.29) is 18.4 Å². The summed E-state index contributed by atoms with van der Waals surface area (Å²) in [4.78, 5) is 27.0. The number of carbonyl (C=O) groups excluding carboxylic acids is 2. The molecule has 1 fully saturated rings. The summed E-state index contributed by atoms with van der Waals surface area (Å²) in [6.45, 7) is 5.71. The highest BCUT2D eigenvalue weighted by atomic mass is 16.5. The first-order chi connectivity index (χ1) is 13.5. The first-order valence-electron chi connectivity index (χ1n) is 9.95. The maximum atomic E-state index is 12.8. The van der Waals surface area contributed by atoms with Gasteiger partial charge in [0.05, 0.1) is 11.3 Å². The second kappa shape index (κ2) is 9.40. The van der Waals surface area contributed by atoms with Gasteiger partial charge >= 0.3 is 0 Å². The molecule has 0 atom stereocenters. The molecule has 0 bridgehead atoms. The number of para-hydroxylation sites is 1. The molecule has 0 spiro atoms. The standard InChI is InChI=1S/C23H28N2O3/c1-17(2)18-10-12-19(13-11-18)28-16-22(26)24-21-9-5-4-8-20(21)23(27)25-14-6-3-7-15-25/h4-5,8-13,17H,3,6-7,14-16H2,1-2H3,(H,24,26). The topological polar surface area (TPSA) is 58.6 Å². The van der Waals surface area contributed by atoms with Gasteiger partial charge in [-0.05, 0) is 55.0 Å². The summed E-state index contributed by atoms with van der Waals surface area (Å²) < 4.78 is 5.58. The van der Waals surface area contributed by atoms with Gasteiger partial charge in [-0.3, -0.25) is 9.59 Å². The minimum absolute atomic E-state index is 0.0270. The SMILES string of the molecule is CC(C)c1ccc(OCC(=O)Nc2ccccc2C(=O)N2CCCCC2)cc1. The van der Waals surface area contributed by atoms with Crippen LogP contribution in [-0.4, -0.2) is 36.4 Å². The maximum absolute atomic E-state index is 12.8. The Balaban J connectivity index is 1.60. The van der Waals surface area contributed by atoms with E-state index < -0.39 is 0 Å². The Morgan fingerprint density at radius 1 is 1.00 bits per heavy atom. The van der Waals surface area contributed by atoms with Crippen LogP contribution in [0.15, 0.2) is 48.5 Å². The molecule has 2 aromatic rings. The zero-order valence-corrected chi connectivity index (χ0v) is 16.6. The molecule has 1 aliphatic heterocycles. The Morgan fingerprint density at radius 3 is 2.36 bits per heavy atom. The molecule has 1 aliphatic rings. The Morgan fingerprint density at radius 2 is 1.68 bits per heavy atom. The fourth-order valence-corrected chi connectivity index (χ4v) is 3.33. The number of amides is 2. The van der Waals surface area contributed by atoms with Gasteiger partial charge in [0.2, 0.25) is 0 Å². The summed E-state index contributed by atoms with van der Waals surface area (Å²) in [5.41, 5.74) is 2.28. The lowest BCUT2D eigenvalue weighted by Gasteiger charge is -2.27. The highest BCUT2D eigenvalue weighted by molar-refractivity contribution is 6.04. The van der Waals surface area contributed by atoms with Gasteiger partial charge in [0.25, 0.3) is 11.8 Å². The smallest absolute Gasteiger partial charge is 0.262 e. The molecule has 5 heteroatoms. The van der Waals surface area contributed by atoms with E-state index in [4.69, 9.17) is 4.74 Å². The van der Waals surface area contributed by atoms with Gasteiger partial charge in [-0.15, -0.1) is 0 Å². The normalized spacial score (nSPS) is 14.0. The lowest BCUT2D eigenvalue weighted by molar-refractivity contribution is -0.118. The van der Waals surface area contributed by atoms with Crippen LogP contribution in [-0.2, 0) is 4.79 Å². The van der Waals surface area contributed by atoms with Crippen LogP contribution in [0.1, 0.15) is 54.9 Å². The van der Waals surface area contributed by atoms with Gasteiger partial charge in [0, 0.05) is 13.1 Å². The number of hydrogen-bond donors (Lipinski definition) is 1. The second-order valence-electron chi connectivity index (χ2n) is 7.46. The molecule has 1 heterocycles. The van der Waals surface area contributed by atoms with Crippen molar-refractivity contribution < 1.29 is 14.3 Å². The Hall–Kier alpha value is -2.82. The number of piperidine rings is 1. The molecule has 0 aliphatic carbocycles. The summed E-state index contributed by atoms with van der Waals surface area (Å²) in [6.07, 6.45) is 3.23. The van der Waals surface area contributed by atoms with Crippen molar-refractivity contribution in [3.63, 3.8) is 0 Å². The summed E-state index contributed by atoms with van der Waals surface area (Å²) in [5, 5.41) is 2.82. The molecule has 5 nitrogen and oxygen atoms in total. The van der Waals surface area contributed by atoms with E-state index in [1.807, 2.05) is 41.3 Å². The number of hydrogen-bond acceptors (Lipinski definition) is 3. The third-order valence-electron chi connectivity index (χ3n) is 4.99. The van der Waals surface area contributed by atoms with E-state index in [1.165, 1.54) is 5.56 Å². The number of anilines is 1. The van der Waals surface area contributed by atoms with Crippen molar-refractivity contribution in [2.24, 2.45) is 0 Å². The molecular weight excluding hydrogens is 352 g/mol. The number of ether oxygens (including phenoxy) is 1. The lowest BCUT2D eigenvalue weighted by atomic mass is 10.0. The molecule has 1 saturated heterocycles. The van der Waals surface area contributed by atoms with Crippen molar-refractivity contribution in [1.82, 2.24) is 4.90 Å². The third-order valence-corrected chi connectivity index (χ3v) is 4.99. The third kappa shape index (κ3) is 5.12. The van der Waals surface area contributed by atoms with E-state index in [9.17, 15) is 9.59 Å². The van der Waals surface area contributed by atoms with Gasteiger partial charge in [0.1, 0.15) is 5.75 Å². The van der Waals surface area contributed by atoms with Crippen molar-refractivity contribution in [2.45, 2.75) is 39.0 Å². The molecule has 2 amide bonds. The number of likely N-dealkylation sites (tertiary alicyclic amines) is 1. The van der Waals surface area contributed by atoms with Gasteiger partial charge < -0.3 is 15.0 Å². The van der Waals surface area contributed by atoms with Crippen molar-refractivity contribution in [1.29, 1.82) is 0 Å². The number of benzene rings is 2. The minimum atomic E-state index is -0.285. The molecule has 0 aromatic heterocycles. The molecule has 2 aromatic carbocycles. The zero-order chi connectivity index (χ0) is 19.9. The van der Waals surface area contributed by atoms with E-state index in [2.05, 4.69) is 19.2 Å². The molecule has 0 saturated carbocycles. The summed E-state index contributed by atoms with van der Waals surface area (Å²) in [7, 11) is 0. The van der Waals surface area contributed by atoms with Crippen LogP contribution in [0.2, 0.25) is 0 Å². The average molecular weight is 380 g/mol. The van der Waals surface area contributed by atoms with Crippen molar-refractivity contribution in [3.05, 3.63) is 59.7 Å². The number of carbonyl (C=O) groups is 2. The van der Waals surface area contributed by atoms with Crippen LogP contribution < -0.4 is 10.1 Å². The molecule has 0 unspecified atom stereocenters. The number of rotatable bonds is 6. The predicted molar refractivity (Wildman–Crippen MR) is 111 cm³/mol. The zero-order valence-electron chi connectivity index (χ0n) is 16.6. The summed E-state index contributed by atoms with van der Waals surface area (Å²) in [6, 6.07) is 14.9. The highest BCUT2D eigenvalue weighted by Gasteiger charge is 2.21. The van der Waals surface area contributed by atoms with Gasteiger partial charge in [-0.1, -0.05) is 38.1 Å². The molecule has 148 valence electrons. The first-order valence-corrected chi connectivity index (χ1v) is 9.95. The summed E-state index contributed by atoms with van der Waals surface area (Å²) in [5.74, 6) is 0.788. The minimum Gasteiger partial charge on any atom is -0.484 e. The second-order valence-corrected chi connectivity index (χ2v) is 7.46. The van der Waals surface area contributed by atoms with Crippen molar-refractivity contribution in [2.75, 3.05) is 25.0 Å². The van der Waals surface area contributed by atoms with E-state index in [0.717, 1.165) is 32.4 Å². The monoisotopic (exact) mass is 380 g/mol. The van der Waals surface area contributed by atoms with Crippen LogP contribution in [0.3, 0.4) is 0 Å².